The van der Waals surface area contributed by atoms with Crippen LogP contribution >= 0.6 is 0 Å². The summed E-state index contributed by atoms with van der Waals surface area (Å²) in [6.45, 7) is 7.49. The third kappa shape index (κ3) is 3.75. The van der Waals surface area contributed by atoms with Crippen LogP contribution < -0.4 is 0 Å². The lowest BCUT2D eigenvalue weighted by atomic mass is 10.0. The van der Waals surface area contributed by atoms with Gasteiger partial charge in [-0.2, -0.15) is 0 Å². The summed E-state index contributed by atoms with van der Waals surface area (Å²) in [7, 11) is 0. The quantitative estimate of drug-likeness (QED) is 0.926. The van der Waals surface area contributed by atoms with Gasteiger partial charge in [0.25, 0.3) is 0 Å². The van der Waals surface area contributed by atoms with Crippen molar-refractivity contribution >= 4 is 5.91 Å². The second kappa shape index (κ2) is 7.02. The van der Waals surface area contributed by atoms with E-state index >= 15 is 0 Å². The van der Waals surface area contributed by atoms with Gasteiger partial charge in [-0.15, -0.1) is 0 Å². The minimum Gasteiger partial charge on any atom is -0.391 e. The fraction of sp³-hybridized carbons (Fsp3) is 0.632. The first-order valence-corrected chi connectivity index (χ1v) is 8.80. The molecule has 0 aromatic heterocycles. The SMILES string of the molecule is Cc1ccc(C)c(CC(=O)N2CCN([C@H]3CCC[C@H]3O)CC2)c1. The third-order valence-corrected chi connectivity index (χ3v) is 5.43. The minimum atomic E-state index is -0.174. The highest BCUT2D eigenvalue weighted by molar-refractivity contribution is 5.79. The third-order valence-electron chi connectivity index (χ3n) is 5.43. The van der Waals surface area contributed by atoms with E-state index in [1.165, 1.54) is 11.1 Å². The highest BCUT2D eigenvalue weighted by Crippen LogP contribution is 2.25. The molecule has 1 amide bonds. The number of carbonyl (C=O) groups is 1. The highest BCUT2D eigenvalue weighted by atomic mass is 16.3. The molecule has 0 radical (unpaired) electrons. The number of aryl methyl sites for hydroxylation is 2. The molecule has 1 aliphatic heterocycles. The van der Waals surface area contributed by atoms with Gasteiger partial charge < -0.3 is 10.0 Å². The molecule has 0 spiro atoms. The van der Waals surface area contributed by atoms with E-state index in [-0.39, 0.29) is 12.0 Å². The first kappa shape index (κ1) is 16.5. The average Bonchev–Trinajstić information content (AvgIpc) is 2.97. The van der Waals surface area contributed by atoms with Gasteiger partial charge in [-0.3, -0.25) is 9.69 Å². The molecule has 1 aromatic carbocycles. The number of piperazine rings is 1. The van der Waals surface area contributed by atoms with Gasteiger partial charge in [0.05, 0.1) is 12.5 Å². The van der Waals surface area contributed by atoms with E-state index in [4.69, 9.17) is 0 Å². The number of hydrogen-bond donors (Lipinski definition) is 1. The first-order valence-electron chi connectivity index (χ1n) is 8.80. The second-order valence-electron chi connectivity index (χ2n) is 7.09. The molecule has 1 aliphatic carbocycles. The zero-order chi connectivity index (χ0) is 16.4. The van der Waals surface area contributed by atoms with E-state index in [2.05, 4.69) is 36.9 Å². The summed E-state index contributed by atoms with van der Waals surface area (Å²) in [5, 5.41) is 10.0. The van der Waals surface area contributed by atoms with Crippen LogP contribution in [0.15, 0.2) is 18.2 Å². The second-order valence-corrected chi connectivity index (χ2v) is 7.09. The van der Waals surface area contributed by atoms with Gasteiger partial charge in [0.15, 0.2) is 0 Å². The molecule has 4 heteroatoms. The fourth-order valence-electron chi connectivity index (χ4n) is 3.92. The number of rotatable bonds is 3. The lowest BCUT2D eigenvalue weighted by Crippen LogP contribution is -2.53. The van der Waals surface area contributed by atoms with Crippen molar-refractivity contribution in [3.63, 3.8) is 0 Å². The predicted octanol–water partition coefficient (Wildman–Crippen LogP) is 1.90. The maximum absolute atomic E-state index is 12.6. The zero-order valence-electron chi connectivity index (χ0n) is 14.3. The van der Waals surface area contributed by atoms with Crippen molar-refractivity contribution in [2.24, 2.45) is 0 Å². The summed E-state index contributed by atoms with van der Waals surface area (Å²) >= 11 is 0. The number of amides is 1. The lowest BCUT2D eigenvalue weighted by molar-refractivity contribution is -0.132. The minimum absolute atomic E-state index is 0.174. The molecule has 0 bridgehead atoms. The Morgan fingerprint density at radius 1 is 1.17 bits per heavy atom. The monoisotopic (exact) mass is 316 g/mol. The highest BCUT2D eigenvalue weighted by Gasteiger charge is 2.33. The molecular weight excluding hydrogens is 288 g/mol. The molecule has 1 aromatic rings. The maximum Gasteiger partial charge on any atom is 0.227 e. The van der Waals surface area contributed by atoms with E-state index in [1.54, 1.807) is 0 Å². The number of hydrogen-bond acceptors (Lipinski definition) is 3. The van der Waals surface area contributed by atoms with E-state index in [1.807, 2.05) is 4.90 Å². The van der Waals surface area contributed by atoms with Crippen LogP contribution in [-0.4, -0.2) is 59.1 Å². The van der Waals surface area contributed by atoms with E-state index in [0.717, 1.165) is 51.0 Å². The van der Waals surface area contributed by atoms with Crippen LogP contribution in [0.25, 0.3) is 0 Å². The van der Waals surface area contributed by atoms with Crippen molar-refractivity contribution in [2.45, 2.75) is 51.7 Å². The molecule has 2 aliphatic rings. The average molecular weight is 316 g/mol. The molecule has 2 atom stereocenters. The summed E-state index contributed by atoms with van der Waals surface area (Å²) in [5.41, 5.74) is 3.54. The summed E-state index contributed by atoms with van der Waals surface area (Å²) in [6.07, 6.45) is 3.47. The predicted molar refractivity (Wildman–Crippen MR) is 91.4 cm³/mol. The summed E-state index contributed by atoms with van der Waals surface area (Å²) in [5.74, 6) is 0.227. The van der Waals surface area contributed by atoms with Crippen molar-refractivity contribution in [2.75, 3.05) is 26.2 Å². The topological polar surface area (TPSA) is 43.8 Å². The molecule has 1 N–H and O–H groups in total. The molecule has 3 rings (SSSR count). The molecule has 0 unspecified atom stereocenters. The Hall–Kier alpha value is -1.39. The van der Waals surface area contributed by atoms with Crippen LogP contribution in [0.2, 0.25) is 0 Å². The summed E-state index contributed by atoms with van der Waals surface area (Å²) < 4.78 is 0. The van der Waals surface area contributed by atoms with Crippen molar-refractivity contribution in [1.29, 1.82) is 0 Å². The summed E-state index contributed by atoms with van der Waals surface area (Å²) in [4.78, 5) is 16.9. The molecule has 23 heavy (non-hydrogen) atoms. The van der Waals surface area contributed by atoms with Crippen LogP contribution in [0, 0.1) is 13.8 Å². The van der Waals surface area contributed by atoms with Crippen LogP contribution in [0.5, 0.6) is 0 Å². The Bertz CT molecular complexity index is 564. The van der Waals surface area contributed by atoms with Gasteiger partial charge in [0, 0.05) is 32.2 Å². The largest absolute Gasteiger partial charge is 0.391 e. The van der Waals surface area contributed by atoms with Gasteiger partial charge in [-0.1, -0.05) is 23.8 Å². The number of nitrogens with zero attached hydrogens (tertiary/aromatic N) is 2. The van der Waals surface area contributed by atoms with Crippen molar-refractivity contribution in [1.82, 2.24) is 9.80 Å². The van der Waals surface area contributed by atoms with Crippen LogP contribution in [-0.2, 0) is 11.2 Å². The Kier molecular flexibility index (Phi) is 5.02. The van der Waals surface area contributed by atoms with Crippen LogP contribution in [0.3, 0.4) is 0 Å². The molecule has 126 valence electrons. The van der Waals surface area contributed by atoms with Gasteiger partial charge in [0.2, 0.25) is 5.91 Å². The number of benzene rings is 1. The van der Waals surface area contributed by atoms with E-state index < -0.39 is 0 Å². The Morgan fingerprint density at radius 3 is 2.57 bits per heavy atom. The van der Waals surface area contributed by atoms with Gasteiger partial charge >= 0.3 is 0 Å². The summed E-state index contributed by atoms with van der Waals surface area (Å²) in [6, 6.07) is 6.62. The number of aliphatic hydroxyl groups excluding tert-OH is 1. The van der Waals surface area contributed by atoms with Crippen molar-refractivity contribution in [3.8, 4) is 0 Å². The maximum atomic E-state index is 12.6. The Labute approximate surface area is 139 Å². The van der Waals surface area contributed by atoms with Gasteiger partial charge in [0.1, 0.15) is 0 Å². The van der Waals surface area contributed by atoms with E-state index in [0.29, 0.717) is 12.5 Å². The van der Waals surface area contributed by atoms with Crippen molar-refractivity contribution < 1.29 is 9.90 Å². The Morgan fingerprint density at radius 2 is 1.91 bits per heavy atom. The van der Waals surface area contributed by atoms with E-state index in [9.17, 15) is 9.90 Å². The Balaban J connectivity index is 1.55. The van der Waals surface area contributed by atoms with Crippen LogP contribution in [0.4, 0.5) is 0 Å². The molecule has 4 nitrogen and oxygen atoms in total. The zero-order valence-corrected chi connectivity index (χ0v) is 14.3. The molecule has 1 saturated carbocycles. The van der Waals surface area contributed by atoms with Crippen molar-refractivity contribution in [3.05, 3.63) is 34.9 Å². The number of carbonyl (C=O) groups excluding carboxylic acids is 1. The fourth-order valence-corrected chi connectivity index (χ4v) is 3.92. The first-order chi connectivity index (χ1) is 11.0. The smallest absolute Gasteiger partial charge is 0.227 e. The standard InChI is InChI=1S/C19H28N2O2/c1-14-6-7-15(2)16(12-14)13-19(23)21-10-8-20(9-11-21)17-4-3-5-18(17)22/h6-7,12,17-18,22H,3-5,8-11,13H2,1-2H3/t17-,18+/m0/s1. The van der Waals surface area contributed by atoms with Crippen LogP contribution in [0.1, 0.15) is 36.0 Å². The molecule has 1 heterocycles. The molecular formula is C19H28N2O2. The molecule has 1 saturated heterocycles. The lowest BCUT2D eigenvalue weighted by Gasteiger charge is -2.39. The normalized spacial score (nSPS) is 25.8. The number of aliphatic hydroxyl groups is 1. The van der Waals surface area contributed by atoms with Gasteiger partial charge in [-0.05, 0) is 44.2 Å². The van der Waals surface area contributed by atoms with Gasteiger partial charge in [-0.25, -0.2) is 0 Å². The molecule has 2 fully saturated rings.